The molecule has 0 N–H and O–H groups in total. The zero-order valence-corrected chi connectivity index (χ0v) is 12.3. The molecule has 0 unspecified atom stereocenters. The molecule has 0 radical (unpaired) electrons. The molecule has 2 aromatic rings. The molecule has 0 aromatic heterocycles. The van der Waals surface area contributed by atoms with E-state index >= 15 is 0 Å². The Balaban J connectivity index is 2.47. The molecular weight excluding hydrogens is 302 g/mol. The van der Waals surface area contributed by atoms with E-state index in [-0.39, 0.29) is 17.1 Å². The minimum Gasteiger partial charge on any atom is -0.456 e. The molecule has 5 heteroatoms. The maximum absolute atomic E-state index is 13.1. The van der Waals surface area contributed by atoms with Gasteiger partial charge in [0.25, 0.3) is 5.24 Å². The molecule has 0 heterocycles. The molecular formula is C15H11Cl2FO2. The van der Waals surface area contributed by atoms with Crippen LogP contribution in [0.3, 0.4) is 0 Å². The van der Waals surface area contributed by atoms with E-state index in [1.807, 2.05) is 0 Å². The van der Waals surface area contributed by atoms with Crippen LogP contribution in [0.2, 0.25) is 5.02 Å². The number of carbonyl (C=O) groups excluding carboxylic acids is 1. The van der Waals surface area contributed by atoms with Gasteiger partial charge in [0.15, 0.2) is 0 Å². The number of benzene rings is 2. The topological polar surface area (TPSA) is 26.3 Å². The van der Waals surface area contributed by atoms with Gasteiger partial charge in [-0.25, -0.2) is 4.39 Å². The Bertz CT molecular complexity index is 684. The molecule has 0 spiro atoms. The van der Waals surface area contributed by atoms with E-state index in [0.29, 0.717) is 16.3 Å². The Morgan fingerprint density at radius 1 is 1.10 bits per heavy atom. The fraction of sp³-hybridized carbons (Fsp3) is 0.133. The summed E-state index contributed by atoms with van der Waals surface area (Å²) in [7, 11) is 0. The minimum atomic E-state index is -0.639. The Morgan fingerprint density at radius 2 is 1.80 bits per heavy atom. The maximum Gasteiger partial charge on any atom is 0.256 e. The van der Waals surface area contributed by atoms with E-state index in [9.17, 15) is 9.18 Å². The third-order valence-corrected chi connectivity index (χ3v) is 3.44. The average molecular weight is 313 g/mol. The summed E-state index contributed by atoms with van der Waals surface area (Å²) in [6.07, 6.45) is 0. The van der Waals surface area contributed by atoms with Crippen LogP contribution in [0, 0.1) is 19.7 Å². The highest BCUT2D eigenvalue weighted by molar-refractivity contribution is 6.68. The Kier molecular flexibility index (Phi) is 4.31. The lowest BCUT2D eigenvalue weighted by atomic mass is 10.1. The van der Waals surface area contributed by atoms with Crippen molar-refractivity contribution in [1.82, 2.24) is 0 Å². The van der Waals surface area contributed by atoms with Gasteiger partial charge in [-0.3, -0.25) is 4.79 Å². The summed E-state index contributed by atoms with van der Waals surface area (Å²) in [5, 5.41) is -0.180. The van der Waals surface area contributed by atoms with Gasteiger partial charge in [-0.1, -0.05) is 11.6 Å². The van der Waals surface area contributed by atoms with Gasteiger partial charge in [0.05, 0.1) is 5.56 Å². The molecule has 104 valence electrons. The van der Waals surface area contributed by atoms with Crippen LogP contribution in [-0.2, 0) is 0 Å². The van der Waals surface area contributed by atoms with Crippen molar-refractivity contribution >= 4 is 28.4 Å². The monoisotopic (exact) mass is 312 g/mol. The third kappa shape index (κ3) is 3.11. The quantitative estimate of drug-likeness (QED) is 0.722. The Morgan fingerprint density at radius 3 is 2.40 bits per heavy atom. The van der Waals surface area contributed by atoms with Crippen LogP contribution in [0.4, 0.5) is 4.39 Å². The first kappa shape index (κ1) is 14.8. The van der Waals surface area contributed by atoms with Crippen LogP contribution in [0.15, 0.2) is 30.3 Å². The van der Waals surface area contributed by atoms with Crippen LogP contribution in [0.1, 0.15) is 21.5 Å². The summed E-state index contributed by atoms with van der Waals surface area (Å²) < 4.78 is 18.7. The molecule has 0 saturated carbocycles. The summed E-state index contributed by atoms with van der Waals surface area (Å²) in [4.78, 5) is 11.4. The zero-order valence-electron chi connectivity index (χ0n) is 10.8. The molecule has 0 bridgehead atoms. The highest BCUT2D eigenvalue weighted by atomic mass is 35.5. The van der Waals surface area contributed by atoms with Gasteiger partial charge >= 0.3 is 0 Å². The number of rotatable bonds is 3. The zero-order chi connectivity index (χ0) is 14.9. The predicted molar refractivity (Wildman–Crippen MR) is 77.6 cm³/mol. The van der Waals surface area contributed by atoms with Crippen LogP contribution in [-0.4, -0.2) is 5.24 Å². The smallest absolute Gasteiger partial charge is 0.256 e. The number of hydrogen-bond acceptors (Lipinski definition) is 2. The Labute approximate surface area is 126 Å². The number of aryl methyl sites for hydroxylation is 2. The second kappa shape index (κ2) is 5.81. The molecule has 0 saturated heterocycles. The fourth-order valence-electron chi connectivity index (χ4n) is 1.75. The SMILES string of the molecule is Cc1cc(C(=O)Cl)c(Oc2ccc(F)cc2C)cc1Cl. The molecule has 0 aliphatic carbocycles. The van der Waals surface area contributed by atoms with Crippen LogP contribution in [0.25, 0.3) is 0 Å². The van der Waals surface area contributed by atoms with Gasteiger partial charge in [0, 0.05) is 11.1 Å². The van der Waals surface area contributed by atoms with E-state index < -0.39 is 5.24 Å². The number of carbonyl (C=O) groups is 1. The molecule has 2 aromatic carbocycles. The third-order valence-electron chi connectivity index (χ3n) is 2.83. The van der Waals surface area contributed by atoms with Gasteiger partial charge in [0.1, 0.15) is 17.3 Å². The standard InChI is InChI=1S/C15H11Cl2FO2/c1-8-6-11(15(17)19)14(7-12(8)16)20-13-4-3-10(18)5-9(13)2/h3-7H,1-2H3. The molecule has 2 nitrogen and oxygen atoms in total. The van der Waals surface area contributed by atoms with Crippen molar-refractivity contribution in [2.24, 2.45) is 0 Å². The molecule has 0 aliphatic heterocycles. The van der Waals surface area contributed by atoms with E-state index in [1.165, 1.54) is 24.3 Å². The average Bonchev–Trinajstić information content (AvgIpc) is 2.36. The molecule has 0 amide bonds. The van der Waals surface area contributed by atoms with Gasteiger partial charge in [-0.15, -0.1) is 0 Å². The van der Waals surface area contributed by atoms with Crippen molar-refractivity contribution in [2.45, 2.75) is 13.8 Å². The van der Waals surface area contributed by atoms with Crippen LogP contribution < -0.4 is 4.74 Å². The fourth-order valence-corrected chi connectivity index (χ4v) is 2.05. The summed E-state index contributed by atoms with van der Waals surface area (Å²) in [5.74, 6) is 0.325. The first-order valence-electron chi connectivity index (χ1n) is 5.82. The second-order valence-electron chi connectivity index (χ2n) is 4.38. The lowest BCUT2D eigenvalue weighted by molar-refractivity contribution is 0.107. The molecule has 0 aliphatic rings. The van der Waals surface area contributed by atoms with Gasteiger partial charge < -0.3 is 4.74 Å². The number of halogens is 3. The number of hydrogen-bond donors (Lipinski definition) is 0. The van der Waals surface area contributed by atoms with Crippen molar-refractivity contribution in [1.29, 1.82) is 0 Å². The summed E-state index contributed by atoms with van der Waals surface area (Å²) in [6, 6.07) is 7.19. The highest BCUT2D eigenvalue weighted by Crippen LogP contribution is 2.33. The highest BCUT2D eigenvalue weighted by Gasteiger charge is 2.15. The van der Waals surface area contributed by atoms with Crippen molar-refractivity contribution in [3.63, 3.8) is 0 Å². The maximum atomic E-state index is 13.1. The second-order valence-corrected chi connectivity index (χ2v) is 5.13. The number of ether oxygens (including phenoxy) is 1. The van der Waals surface area contributed by atoms with E-state index in [1.54, 1.807) is 19.9 Å². The van der Waals surface area contributed by atoms with Crippen molar-refractivity contribution < 1.29 is 13.9 Å². The lowest BCUT2D eigenvalue weighted by Crippen LogP contribution is -1.98. The summed E-state index contributed by atoms with van der Waals surface area (Å²) >= 11 is 11.6. The van der Waals surface area contributed by atoms with E-state index in [4.69, 9.17) is 27.9 Å². The first-order valence-corrected chi connectivity index (χ1v) is 6.58. The molecule has 20 heavy (non-hydrogen) atoms. The van der Waals surface area contributed by atoms with Crippen molar-refractivity contribution in [3.8, 4) is 11.5 Å². The van der Waals surface area contributed by atoms with Crippen molar-refractivity contribution in [3.05, 3.63) is 57.9 Å². The predicted octanol–water partition coefficient (Wildman–Crippen LogP) is 5.27. The van der Waals surface area contributed by atoms with Crippen LogP contribution in [0.5, 0.6) is 11.5 Å². The molecule has 0 atom stereocenters. The van der Waals surface area contributed by atoms with E-state index in [0.717, 1.165) is 5.56 Å². The summed E-state index contributed by atoms with van der Waals surface area (Å²) in [5.41, 5.74) is 1.55. The van der Waals surface area contributed by atoms with Gasteiger partial charge in [-0.05, 0) is 60.8 Å². The first-order chi connectivity index (χ1) is 9.38. The molecule has 2 rings (SSSR count). The van der Waals surface area contributed by atoms with Gasteiger partial charge in [0.2, 0.25) is 0 Å². The summed E-state index contributed by atoms with van der Waals surface area (Å²) in [6.45, 7) is 3.47. The molecule has 0 fully saturated rings. The van der Waals surface area contributed by atoms with Gasteiger partial charge in [-0.2, -0.15) is 0 Å². The normalized spacial score (nSPS) is 10.4. The Hall–Kier alpha value is -1.58. The van der Waals surface area contributed by atoms with Crippen LogP contribution >= 0.6 is 23.2 Å². The van der Waals surface area contributed by atoms with Crippen molar-refractivity contribution in [2.75, 3.05) is 0 Å². The largest absolute Gasteiger partial charge is 0.456 e. The minimum absolute atomic E-state index is 0.220. The van der Waals surface area contributed by atoms with E-state index in [2.05, 4.69) is 0 Å². The lowest BCUT2D eigenvalue weighted by Gasteiger charge is -2.12.